The molecule has 3 rings (SSSR count). The van der Waals surface area contributed by atoms with Crippen LogP contribution >= 0.6 is 0 Å². The summed E-state index contributed by atoms with van der Waals surface area (Å²) in [6.45, 7) is 1.03. The fourth-order valence-corrected chi connectivity index (χ4v) is 2.75. The highest BCUT2D eigenvalue weighted by atomic mass is 19.1. The highest BCUT2D eigenvalue weighted by Gasteiger charge is 2.23. The van der Waals surface area contributed by atoms with Gasteiger partial charge < -0.3 is 15.4 Å². The molecule has 0 radical (unpaired) electrons. The van der Waals surface area contributed by atoms with Crippen molar-refractivity contribution in [3.05, 3.63) is 59.4 Å². The Kier molecular flexibility index (Phi) is 5.26. The monoisotopic (exact) mass is 339 g/mol. The number of nitrogens with one attached hydrogen (secondary N) is 2. The van der Waals surface area contributed by atoms with Crippen molar-refractivity contribution in [1.82, 2.24) is 0 Å². The normalized spacial score (nSPS) is 16.2. The molecule has 1 atom stereocenters. The molecule has 2 aromatic rings. The first kappa shape index (κ1) is 16.9. The molecule has 2 aromatic carbocycles. The Morgan fingerprint density at radius 3 is 2.92 bits per heavy atom. The Bertz CT molecular complexity index is 811. The summed E-state index contributed by atoms with van der Waals surface area (Å²) in [4.78, 5) is 12.1. The lowest BCUT2D eigenvalue weighted by Crippen LogP contribution is -2.26. The second-order valence-corrected chi connectivity index (χ2v) is 5.82. The first-order valence-corrected chi connectivity index (χ1v) is 8.11. The van der Waals surface area contributed by atoms with Gasteiger partial charge in [-0.15, -0.1) is 0 Å². The maximum Gasteiger partial charge on any atom is 0.253 e. The van der Waals surface area contributed by atoms with Crippen LogP contribution in [0.2, 0.25) is 0 Å². The molecule has 0 aromatic heterocycles. The number of anilines is 2. The molecule has 0 saturated carbocycles. The molecule has 6 heteroatoms. The van der Waals surface area contributed by atoms with Gasteiger partial charge in [0.25, 0.3) is 5.91 Å². The van der Waals surface area contributed by atoms with Gasteiger partial charge in [0.05, 0.1) is 5.69 Å². The van der Waals surface area contributed by atoms with Crippen LogP contribution < -0.4 is 10.6 Å². The van der Waals surface area contributed by atoms with Gasteiger partial charge in [-0.1, -0.05) is 18.2 Å². The third-order valence-electron chi connectivity index (χ3n) is 4.03. The van der Waals surface area contributed by atoms with Crippen LogP contribution in [0.15, 0.2) is 42.5 Å². The summed E-state index contributed by atoms with van der Waals surface area (Å²) in [5, 5.41) is 15.0. The molecule has 0 bridgehead atoms. The van der Waals surface area contributed by atoms with Crippen molar-refractivity contribution in [1.29, 1.82) is 5.26 Å². The van der Waals surface area contributed by atoms with Crippen LogP contribution in [0.5, 0.6) is 0 Å². The number of hydrogen-bond acceptors (Lipinski definition) is 4. The van der Waals surface area contributed by atoms with E-state index in [1.807, 2.05) is 24.3 Å². The van der Waals surface area contributed by atoms with Crippen LogP contribution in [-0.4, -0.2) is 18.6 Å². The minimum Gasteiger partial charge on any atom is -0.380 e. The highest BCUT2D eigenvalue weighted by molar-refractivity contribution is 5.94. The zero-order valence-corrected chi connectivity index (χ0v) is 13.6. The van der Waals surface area contributed by atoms with Crippen LogP contribution in [-0.2, 0) is 16.1 Å². The number of nitriles is 1. The van der Waals surface area contributed by atoms with Gasteiger partial charge in [-0.25, -0.2) is 4.39 Å². The Morgan fingerprint density at radius 1 is 1.32 bits per heavy atom. The van der Waals surface area contributed by atoms with Gasteiger partial charge in [0.1, 0.15) is 23.6 Å². The topological polar surface area (TPSA) is 74.2 Å². The van der Waals surface area contributed by atoms with Crippen LogP contribution in [0.25, 0.3) is 0 Å². The molecule has 1 saturated heterocycles. The van der Waals surface area contributed by atoms with E-state index in [9.17, 15) is 9.18 Å². The molecule has 0 spiro atoms. The molecular weight excluding hydrogens is 321 g/mol. The zero-order valence-electron chi connectivity index (χ0n) is 13.6. The Morgan fingerprint density at radius 2 is 2.16 bits per heavy atom. The molecule has 1 heterocycles. The summed E-state index contributed by atoms with van der Waals surface area (Å²) in [7, 11) is 0. The molecule has 5 nitrogen and oxygen atoms in total. The summed E-state index contributed by atoms with van der Waals surface area (Å²) >= 11 is 0. The third-order valence-corrected chi connectivity index (χ3v) is 4.03. The first-order chi connectivity index (χ1) is 12.2. The van der Waals surface area contributed by atoms with Crippen molar-refractivity contribution in [3.63, 3.8) is 0 Å². The number of benzene rings is 2. The molecule has 1 aliphatic heterocycles. The maximum atomic E-state index is 13.6. The lowest BCUT2D eigenvalue weighted by atomic mass is 10.1. The van der Waals surface area contributed by atoms with E-state index in [0.717, 1.165) is 18.4 Å². The third kappa shape index (κ3) is 4.14. The van der Waals surface area contributed by atoms with Crippen LogP contribution in [0, 0.1) is 17.1 Å². The highest BCUT2D eigenvalue weighted by Crippen LogP contribution is 2.20. The van der Waals surface area contributed by atoms with Crippen molar-refractivity contribution < 1.29 is 13.9 Å². The summed E-state index contributed by atoms with van der Waals surface area (Å²) in [5.74, 6) is -0.690. The lowest BCUT2D eigenvalue weighted by Gasteiger charge is -2.12. The van der Waals surface area contributed by atoms with Gasteiger partial charge in [0, 0.05) is 18.8 Å². The molecule has 0 unspecified atom stereocenters. The molecule has 128 valence electrons. The SMILES string of the molecule is N#Cc1c(F)cccc1NCc1cccc(NC(=O)[C@@H]2CCCO2)c1. The number of hydrogen-bond donors (Lipinski definition) is 2. The quantitative estimate of drug-likeness (QED) is 0.875. The Labute approximate surface area is 145 Å². The van der Waals surface area contributed by atoms with Gasteiger partial charge in [0.2, 0.25) is 0 Å². The average molecular weight is 339 g/mol. The molecule has 1 fully saturated rings. The molecule has 25 heavy (non-hydrogen) atoms. The maximum absolute atomic E-state index is 13.6. The molecule has 1 amide bonds. The summed E-state index contributed by atoms with van der Waals surface area (Å²) in [6.07, 6.45) is 1.26. The zero-order chi connectivity index (χ0) is 17.6. The number of rotatable bonds is 5. The standard InChI is InChI=1S/C19H18FN3O2/c20-16-6-2-7-17(15(16)11-21)22-12-13-4-1-5-14(10-13)23-19(24)18-8-3-9-25-18/h1-2,4-7,10,18,22H,3,8-9,12H2,(H,23,24)/t18-/m0/s1. The van der Waals surface area contributed by atoms with Crippen LogP contribution in [0.4, 0.5) is 15.8 Å². The fourth-order valence-electron chi connectivity index (χ4n) is 2.75. The van der Waals surface area contributed by atoms with Gasteiger partial charge in [-0.3, -0.25) is 4.79 Å². The largest absolute Gasteiger partial charge is 0.380 e. The number of amides is 1. The van der Waals surface area contributed by atoms with Crippen molar-refractivity contribution in [2.75, 3.05) is 17.2 Å². The number of carbonyl (C=O) groups is 1. The number of nitrogens with zero attached hydrogens (tertiary/aromatic N) is 1. The van der Waals surface area contributed by atoms with Crippen LogP contribution in [0.3, 0.4) is 0 Å². The van der Waals surface area contributed by atoms with Gasteiger partial charge in [-0.2, -0.15) is 5.26 Å². The molecule has 1 aliphatic rings. The van der Waals surface area contributed by atoms with Crippen molar-refractivity contribution in [2.24, 2.45) is 0 Å². The lowest BCUT2D eigenvalue weighted by molar-refractivity contribution is -0.124. The number of carbonyl (C=O) groups excluding carboxylic acids is 1. The second-order valence-electron chi connectivity index (χ2n) is 5.82. The summed E-state index contributed by atoms with van der Waals surface area (Å²) < 4.78 is 19.0. The predicted octanol–water partition coefficient (Wildman–Crippen LogP) is 3.43. The number of ether oxygens (including phenoxy) is 1. The summed E-state index contributed by atoms with van der Waals surface area (Å²) in [5.41, 5.74) is 2.01. The number of halogens is 1. The molecule has 2 N–H and O–H groups in total. The van der Waals surface area contributed by atoms with E-state index in [-0.39, 0.29) is 17.6 Å². The van der Waals surface area contributed by atoms with E-state index in [0.29, 0.717) is 24.5 Å². The minimum atomic E-state index is -0.551. The predicted molar refractivity (Wildman–Crippen MR) is 92.5 cm³/mol. The second kappa shape index (κ2) is 7.77. The summed E-state index contributed by atoms with van der Waals surface area (Å²) in [6, 6.07) is 13.7. The smallest absolute Gasteiger partial charge is 0.253 e. The Hall–Kier alpha value is -2.91. The fraction of sp³-hybridized carbons (Fsp3) is 0.263. The van der Waals surface area contributed by atoms with Crippen molar-refractivity contribution in [3.8, 4) is 6.07 Å². The Balaban J connectivity index is 1.65. The first-order valence-electron chi connectivity index (χ1n) is 8.11. The molecular formula is C19H18FN3O2. The van der Waals surface area contributed by atoms with E-state index in [4.69, 9.17) is 10.00 Å². The van der Waals surface area contributed by atoms with Crippen molar-refractivity contribution in [2.45, 2.75) is 25.5 Å². The van der Waals surface area contributed by atoms with Gasteiger partial charge >= 0.3 is 0 Å². The minimum absolute atomic E-state index is 0.00894. The molecule has 0 aliphatic carbocycles. The van der Waals surface area contributed by atoms with E-state index >= 15 is 0 Å². The van der Waals surface area contributed by atoms with Crippen LogP contribution in [0.1, 0.15) is 24.0 Å². The van der Waals surface area contributed by atoms with E-state index < -0.39 is 5.82 Å². The van der Waals surface area contributed by atoms with E-state index in [2.05, 4.69) is 10.6 Å². The van der Waals surface area contributed by atoms with Gasteiger partial charge in [0.15, 0.2) is 0 Å². The van der Waals surface area contributed by atoms with E-state index in [1.165, 1.54) is 6.07 Å². The average Bonchev–Trinajstić information content (AvgIpc) is 3.15. The van der Waals surface area contributed by atoms with Crippen molar-refractivity contribution >= 4 is 17.3 Å². The van der Waals surface area contributed by atoms with Gasteiger partial charge in [-0.05, 0) is 42.7 Å². The van der Waals surface area contributed by atoms with E-state index in [1.54, 1.807) is 18.2 Å².